The Kier molecular flexibility index (Phi) is 6.97. The molecule has 1 aromatic heterocycles. The van der Waals surface area contributed by atoms with E-state index in [1.54, 1.807) is 35.2 Å². The molecule has 0 fully saturated rings. The van der Waals surface area contributed by atoms with Crippen molar-refractivity contribution in [3.63, 3.8) is 0 Å². The highest BCUT2D eigenvalue weighted by atomic mass is 32.2. The van der Waals surface area contributed by atoms with Gasteiger partial charge in [0.2, 0.25) is 5.91 Å². The molecule has 0 atom stereocenters. The molecule has 0 aliphatic rings. The molecule has 2 aromatic rings. The summed E-state index contributed by atoms with van der Waals surface area (Å²) in [4.78, 5) is 34.4. The van der Waals surface area contributed by atoms with Gasteiger partial charge < -0.3 is 16.0 Å². The minimum atomic E-state index is -0.179. The van der Waals surface area contributed by atoms with Crippen LogP contribution in [0.1, 0.15) is 29.9 Å². The molecule has 2 rings (SSSR count). The van der Waals surface area contributed by atoms with Gasteiger partial charge in [-0.05, 0) is 45.0 Å². The van der Waals surface area contributed by atoms with E-state index in [0.29, 0.717) is 35.3 Å². The van der Waals surface area contributed by atoms with Gasteiger partial charge in [0.1, 0.15) is 5.82 Å². The van der Waals surface area contributed by atoms with Crippen LogP contribution in [0.3, 0.4) is 0 Å². The number of thioether (sulfide) groups is 1. The normalized spacial score (nSPS) is 10.4. The minimum absolute atomic E-state index is 0.0161. The topological polar surface area (TPSA) is 101 Å². The first-order chi connectivity index (χ1) is 12.4. The van der Waals surface area contributed by atoms with Gasteiger partial charge in [0.05, 0.1) is 5.75 Å². The summed E-state index contributed by atoms with van der Waals surface area (Å²) < 4.78 is 0. The Morgan fingerprint density at radius 3 is 2.38 bits per heavy atom. The molecule has 0 saturated heterocycles. The monoisotopic (exact) mass is 373 g/mol. The second-order valence-corrected chi connectivity index (χ2v) is 6.55. The largest absolute Gasteiger partial charge is 0.384 e. The summed E-state index contributed by atoms with van der Waals surface area (Å²) in [5.41, 5.74) is 7.67. The van der Waals surface area contributed by atoms with Crippen molar-refractivity contribution in [1.82, 2.24) is 14.9 Å². The summed E-state index contributed by atoms with van der Waals surface area (Å²) in [5.74, 6) is 0.358. The number of anilines is 2. The fourth-order valence-corrected chi connectivity index (χ4v) is 3.06. The SMILES string of the molecule is CCN(CC)C(=O)c1ccc(NC(=O)CSc2nc(C)cc(N)n2)cc1. The lowest BCUT2D eigenvalue weighted by Gasteiger charge is -2.18. The lowest BCUT2D eigenvalue weighted by atomic mass is 10.2. The molecule has 0 aliphatic heterocycles. The average Bonchev–Trinajstić information content (AvgIpc) is 2.61. The first-order valence-electron chi connectivity index (χ1n) is 8.36. The zero-order valence-electron chi connectivity index (χ0n) is 15.2. The van der Waals surface area contributed by atoms with E-state index in [0.717, 1.165) is 5.69 Å². The number of carbonyl (C=O) groups is 2. The third-order valence-electron chi connectivity index (χ3n) is 3.65. The second-order valence-electron chi connectivity index (χ2n) is 5.61. The molecule has 0 spiro atoms. The second kappa shape index (κ2) is 9.19. The third-order valence-corrected chi connectivity index (χ3v) is 4.50. The first kappa shape index (κ1) is 19.7. The van der Waals surface area contributed by atoms with Gasteiger partial charge in [-0.25, -0.2) is 9.97 Å². The summed E-state index contributed by atoms with van der Waals surface area (Å²) in [5, 5.41) is 3.26. The molecule has 138 valence electrons. The number of nitrogens with one attached hydrogen (secondary N) is 1. The van der Waals surface area contributed by atoms with Crippen LogP contribution in [0.25, 0.3) is 0 Å². The van der Waals surface area contributed by atoms with E-state index >= 15 is 0 Å². The van der Waals surface area contributed by atoms with Gasteiger partial charge >= 0.3 is 0 Å². The highest BCUT2D eigenvalue weighted by Gasteiger charge is 2.12. The van der Waals surface area contributed by atoms with E-state index in [9.17, 15) is 9.59 Å². The van der Waals surface area contributed by atoms with E-state index in [2.05, 4.69) is 15.3 Å². The molecule has 26 heavy (non-hydrogen) atoms. The number of hydrogen-bond acceptors (Lipinski definition) is 6. The number of rotatable bonds is 7. The zero-order valence-corrected chi connectivity index (χ0v) is 16.0. The van der Waals surface area contributed by atoms with Gasteiger partial charge in [-0.2, -0.15) is 0 Å². The highest BCUT2D eigenvalue weighted by Crippen LogP contribution is 2.16. The molecule has 0 bridgehead atoms. The highest BCUT2D eigenvalue weighted by molar-refractivity contribution is 7.99. The summed E-state index contributed by atoms with van der Waals surface area (Å²) in [6.07, 6.45) is 0. The molecule has 8 heteroatoms. The number of nitrogens with two attached hydrogens (primary N) is 1. The van der Waals surface area contributed by atoms with Crippen molar-refractivity contribution in [2.75, 3.05) is 29.9 Å². The molecule has 0 saturated carbocycles. The molecular weight excluding hydrogens is 350 g/mol. The van der Waals surface area contributed by atoms with Crippen LogP contribution in [0.5, 0.6) is 0 Å². The van der Waals surface area contributed by atoms with Crippen molar-refractivity contribution in [1.29, 1.82) is 0 Å². The minimum Gasteiger partial charge on any atom is -0.384 e. The molecule has 0 aliphatic carbocycles. The van der Waals surface area contributed by atoms with E-state index in [1.165, 1.54) is 11.8 Å². The third kappa shape index (κ3) is 5.45. The Hall–Kier alpha value is -2.61. The van der Waals surface area contributed by atoms with Crippen molar-refractivity contribution in [3.8, 4) is 0 Å². The van der Waals surface area contributed by atoms with Crippen LogP contribution in [-0.4, -0.2) is 45.5 Å². The van der Waals surface area contributed by atoms with Gasteiger partial charge in [-0.3, -0.25) is 9.59 Å². The van der Waals surface area contributed by atoms with Crippen molar-refractivity contribution >= 4 is 35.1 Å². The van der Waals surface area contributed by atoms with Crippen molar-refractivity contribution in [3.05, 3.63) is 41.6 Å². The summed E-state index contributed by atoms with van der Waals surface area (Å²) in [6, 6.07) is 8.55. The van der Waals surface area contributed by atoms with Crippen molar-refractivity contribution in [2.45, 2.75) is 25.9 Å². The van der Waals surface area contributed by atoms with Crippen molar-refractivity contribution in [2.24, 2.45) is 0 Å². The van der Waals surface area contributed by atoms with Gasteiger partial charge in [-0.15, -0.1) is 0 Å². The summed E-state index contributed by atoms with van der Waals surface area (Å²) in [6.45, 7) is 7.04. The smallest absolute Gasteiger partial charge is 0.253 e. The maximum absolute atomic E-state index is 12.3. The fourth-order valence-electron chi connectivity index (χ4n) is 2.35. The first-order valence-corrected chi connectivity index (χ1v) is 9.34. The van der Waals surface area contributed by atoms with Crippen LogP contribution < -0.4 is 11.1 Å². The zero-order chi connectivity index (χ0) is 19.1. The number of nitrogens with zero attached hydrogens (tertiary/aromatic N) is 3. The lowest BCUT2D eigenvalue weighted by molar-refractivity contribution is -0.113. The maximum atomic E-state index is 12.3. The van der Waals surface area contributed by atoms with Crippen LogP contribution >= 0.6 is 11.8 Å². The van der Waals surface area contributed by atoms with Gasteiger partial charge in [-0.1, -0.05) is 11.8 Å². The van der Waals surface area contributed by atoms with E-state index in [-0.39, 0.29) is 17.6 Å². The van der Waals surface area contributed by atoms with E-state index in [1.807, 2.05) is 20.8 Å². The molecule has 0 unspecified atom stereocenters. The standard InChI is InChI=1S/C18H23N5O2S/c1-4-23(5-2)17(25)13-6-8-14(9-7-13)21-16(24)11-26-18-20-12(3)10-15(19)22-18/h6-10H,4-5,11H2,1-3H3,(H,21,24)(H2,19,20,22). The van der Waals surface area contributed by atoms with Crippen LogP contribution in [-0.2, 0) is 4.79 Å². The Bertz CT molecular complexity index is 755. The number of benzene rings is 1. The van der Waals surface area contributed by atoms with Gasteiger partial charge in [0.15, 0.2) is 5.16 Å². The van der Waals surface area contributed by atoms with Crippen molar-refractivity contribution < 1.29 is 9.59 Å². The Morgan fingerprint density at radius 1 is 1.15 bits per heavy atom. The fraction of sp³-hybridized carbons (Fsp3) is 0.333. The van der Waals surface area contributed by atoms with Crippen LogP contribution in [0, 0.1) is 6.92 Å². The molecule has 7 nitrogen and oxygen atoms in total. The van der Waals surface area contributed by atoms with Crippen LogP contribution in [0.4, 0.5) is 11.5 Å². The van der Waals surface area contributed by atoms with E-state index in [4.69, 9.17) is 5.73 Å². The summed E-state index contributed by atoms with van der Waals surface area (Å²) in [7, 11) is 0. The number of nitrogen functional groups attached to an aromatic ring is 1. The number of aryl methyl sites for hydroxylation is 1. The lowest BCUT2D eigenvalue weighted by Crippen LogP contribution is -2.30. The predicted octanol–water partition coefficient (Wildman–Crippen LogP) is 2.58. The number of carbonyl (C=O) groups excluding carboxylic acids is 2. The predicted molar refractivity (Wildman–Crippen MR) is 104 cm³/mol. The Morgan fingerprint density at radius 2 is 1.81 bits per heavy atom. The molecule has 1 aromatic carbocycles. The summed E-state index contributed by atoms with van der Waals surface area (Å²) >= 11 is 1.22. The molecule has 3 N–H and O–H groups in total. The number of hydrogen-bond donors (Lipinski definition) is 2. The Balaban J connectivity index is 1.92. The average molecular weight is 373 g/mol. The molecule has 1 heterocycles. The van der Waals surface area contributed by atoms with Crippen LogP contribution in [0.2, 0.25) is 0 Å². The molecular formula is C18H23N5O2S. The maximum Gasteiger partial charge on any atom is 0.253 e. The van der Waals surface area contributed by atoms with Gasteiger partial charge in [0, 0.05) is 36.1 Å². The number of aromatic nitrogens is 2. The molecule has 2 amide bonds. The van der Waals surface area contributed by atoms with E-state index < -0.39 is 0 Å². The Labute approximate surface area is 157 Å². The quantitative estimate of drug-likeness (QED) is 0.571. The molecule has 0 radical (unpaired) electrons. The van der Waals surface area contributed by atoms with Gasteiger partial charge in [0.25, 0.3) is 5.91 Å². The number of amides is 2. The van der Waals surface area contributed by atoms with Crippen LogP contribution in [0.15, 0.2) is 35.5 Å².